The molecule has 1 aliphatic carbocycles. The first-order valence-corrected chi connectivity index (χ1v) is 10.2. The minimum Gasteiger partial charge on any atom is -0.336 e. The molecule has 5 heteroatoms. The maximum atomic E-state index is 12.9. The molecule has 2 aliphatic rings. The van der Waals surface area contributed by atoms with Crippen molar-refractivity contribution in [2.75, 3.05) is 18.0 Å². The Labute approximate surface area is 159 Å². The van der Waals surface area contributed by atoms with Gasteiger partial charge in [-0.05, 0) is 31.9 Å². The van der Waals surface area contributed by atoms with Crippen LogP contribution in [0.4, 0.5) is 5.69 Å². The molecule has 1 aromatic carbocycles. The Morgan fingerprint density at radius 1 is 1.31 bits per heavy atom. The average molecular weight is 371 g/mol. The Morgan fingerprint density at radius 3 is 2.73 bits per heavy atom. The monoisotopic (exact) mass is 370 g/mol. The van der Waals surface area contributed by atoms with Crippen LogP contribution in [0.1, 0.15) is 39.0 Å². The fourth-order valence-electron chi connectivity index (χ4n) is 3.75. The van der Waals surface area contributed by atoms with Crippen LogP contribution in [0, 0.1) is 0 Å². The summed E-state index contributed by atoms with van der Waals surface area (Å²) in [6.45, 7) is 6.88. The molecular formula is C21H26N2O2S. The molecule has 26 heavy (non-hydrogen) atoms. The van der Waals surface area contributed by atoms with Crippen molar-refractivity contribution >= 4 is 29.3 Å². The topological polar surface area (TPSA) is 40.6 Å². The van der Waals surface area contributed by atoms with Gasteiger partial charge >= 0.3 is 0 Å². The molecule has 0 radical (unpaired) electrons. The van der Waals surface area contributed by atoms with Crippen LogP contribution in [0.3, 0.4) is 0 Å². The number of rotatable bonds is 5. The summed E-state index contributed by atoms with van der Waals surface area (Å²) in [5.74, 6) is -0.171. The zero-order valence-corrected chi connectivity index (χ0v) is 16.1. The lowest BCUT2D eigenvalue weighted by Gasteiger charge is -2.33. The molecule has 1 heterocycles. The van der Waals surface area contributed by atoms with Crippen molar-refractivity contribution < 1.29 is 9.59 Å². The van der Waals surface area contributed by atoms with Gasteiger partial charge in [0.1, 0.15) is 0 Å². The van der Waals surface area contributed by atoms with Gasteiger partial charge in [-0.1, -0.05) is 49.2 Å². The minimum atomic E-state index is -0.123. The number of hydrogen-bond acceptors (Lipinski definition) is 3. The van der Waals surface area contributed by atoms with E-state index in [0.29, 0.717) is 24.0 Å². The van der Waals surface area contributed by atoms with E-state index in [1.807, 2.05) is 36.1 Å². The SMILES string of the molecule is C=CCN1C(=O)C(=CC(=O)N(CC)C2CCCCC2)Sc2ccccc21. The zero-order valence-electron chi connectivity index (χ0n) is 15.3. The molecule has 0 spiro atoms. The third-order valence-corrected chi connectivity index (χ3v) is 6.11. The van der Waals surface area contributed by atoms with E-state index >= 15 is 0 Å². The number of fused-ring (bicyclic) bond motifs is 1. The van der Waals surface area contributed by atoms with Crippen LogP contribution in [-0.4, -0.2) is 35.8 Å². The number of nitrogens with zero attached hydrogens (tertiary/aromatic N) is 2. The molecule has 0 unspecified atom stereocenters. The molecule has 0 saturated heterocycles. The van der Waals surface area contributed by atoms with E-state index in [9.17, 15) is 9.59 Å². The van der Waals surface area contributed by atoms with Crippen LogP contribution in [0.15, 0.2) is 52.8 Å². The summed E-state index contributed by atoms with van der Waals surface area (Å²) in [6, 6.07) is 8.10. The highest BCUT2D eigenvalue weighted by atomic mass is 32.2. The van der Waals surface area contributed by atoms with E-state index in [0.717, 1.165) is 23.4 Å². The number of hydrogen-bond donors (Lipinski definition) is 0. The van der Waals surface area contributed by atoms with Crippen LogP contribution >= 0.6 is 11.8 Å². The predicted octanol–water partition coefficient (Wildman–Crippen LogP) is 4.38. The Hall–Kier alpha value is -2.01. The maximum absolute atomic E-state index is 12.9. The molecule has 1 aliphatic heterocycles. The number of amides is 2. The van der Waals surface area contributed by atoms with Crippen molar-refractivity contribution in [1.82, 2.24) is 4.90 Å². The summed E-state index contributed by atoms with van der Waals surface area (Å²) in [7, 11) is 0. The van der Waals surface area contributed by atoms with E-state index in [-0.39, 0.29) is 11.8 Å². The second-order valence-electron chi connectivity index (χ2n) is 6.70. The van der Waals surface area contributed by atoms with Crippen molar-refractivity contribution in [3.63, 3.8) is 0 Å². The molecule has 0 bridgehead atoms. The molecule has 1 saturated carbocycles. The molecule has 0 N–H and O–H groups in total. The number of thioether (sulfide) groups is 1. The highest BCUT2D eigenvalue weighted by molar-refractivity contribution is 8.04. The van der Waals surface area contributed by atoms with Crippen LogP contribution in [-0.2, 0) is 9.59 Å². The molecule has 3 rings (SSSR count). The number of benzene rings is 1. The summed E-state index contributed by atoms with van der Waals surface area (Å²) < 4.78 is 0. The number of anilines is 1. The first-order chi connectivity index (χ1) is 12.7. The largest absolute Gasteiger partial charge is 0.336 e. The number of carbonyl (C=O) groups excluding carboxylic acids is 2. The second kappa shape index (κ2) is 8.58. The Balaban J connectivity index is 1.86. The van der Waals surface area contributed by atoms with Crippen molar-refractivity contribution in [3.8, 4) is 0 Å². The predicted molar refractivity (Wildman–Crippen MR) is 107 cm³/mol. The molecule has 1 aromatic rings. The van der Waals surface area contributed by atoms with Gasteiger partial charge in [-0.3, -0.25) is 9.59 Å². The van der Waals surface area contributed by atoms with Gasteiger partial charge in [0.15, 0.2) is 0 Å². The van der Waals surface area contributed by atoms with E-state index in [1.165, 1.54) is 37.1 Å². The average Bonchev–Trinajstić information content (AvgIpc) is 2.66. The van der Waals surface area contributed by atoms with Crippen molar-refractivity contribution in [2.24, 2.45) is 0 Å². The number of para-hydroxylation sites is 1. The fraction of sp³-hybridized carbons (Fsp3) is 0.429. The van der Waals surface area contributed by atoms with Gasteiger partial charge in [0, 0.05) is 30.1 Å². The van der Waals surface area contributed by atoms with E-state index in [1.54, 1.807) is 11.0 Å². The van der Waals surface area contributed by atoms with Crippen LogP contribution in [0.5, 0.6) is 0 Å². The number of likely N-dealkylation sites (N-methyl/N-ethyl adjacent to an activating group) is 1. The van der Waals surface area contributed by atoms with Crippen LogP contribution < -0.4 is 4.90 Å². The maximum Gasteiger partial charge on any atom is 0.265 e. The van der Waals surface area contributed by atoms with Crippen LogP contribution in [0.25, 0.3) is 0 Å². The van der Waals surface area contributed by atoms with Gasteiger partial charge in [-0.25, -0.2) is 0 Å². The number of carbonyl (C=O) groups is 2. The molecule has 4 nitrogen and oxygen atoms in total. The molecule has 0 aromatic heterocycles. The summed E-state index contributed by atoms with van der Waals surface area (Å²) in [5, 5.41) is 0. The molecule has 138 valence electrons. The van der Waals surface area contributed by atoms with Crippen molar-refractivity contribution in [2.45, 2.75) is 50.0 Å². The standard InChI is InChI=1S/C21H26N2O2S/c1-3-14-23-17-12-8-9-13-18(17)26-19(21(23)25)15-20(24)22(4-2)16-10-6-5-7-11-16/h3,8-9,12-13,15-16H,1,4-7,10-11,14H2,2H3. The van der Waals surface area contributed by atoms with Gasteiger partial charge in [0.2, 0.25) is 5.91 Å². The highest BCUT2D eigenvalue weighted by Crippen LogP contribution is 2.41. The van der Waals surface area contributed by atoms with Crippen LogP contribution in [0.2, 0.25) is 0 Å². The quantitative estimate of drug-likeness (QED) is 0.571. The van der Waals surface area contributed by atoms with E-state index < -0.39 is 0 Å². The van der Waals surface area contributed by atoms with E-state index in [4.69, 9.17) is 0 Å². The first kappa shape index (κ1) is 18.8. The Kier molecular flexibility index (Phi) is 6.20. The molecule has 1 fully saturated rings. The molecule has 0 atom stereocenters. The smallest absolute Gasteiger partial charge is 0.265 e. The minimum absolute atomic E-state index is 0.0480. The molecular weight excluding hydrogens is 344 g/mol. The summed E-state index contributed by atoms with van der Waals surface area (Å²) in [4.78, 5) is 30.9. The normalized spacial score (nSPS) is 19.3. The fourth-order valence-corrected chi connectivity index (χ4v) is 4.78. The zero-order chi connectivity index (χ0) is 18.5. The lowest BCUT2D eigenvalue weighted by molar-refractivity contribution is -0.129. The van der Waals surface area contributed by atoms with Gasteiger partial charge in [-0.2, -0.15) is 0 Å². The van der Waals surface area contributed by atoms with E-state index in [2.05, 4.69) is 6.58 Å². The lowest BCUT2D eigenvalue weighted by Crippen LogP contribution is -2.41. The van der Waals surface area contributed by atoms with Gasteiger partial charge < -0.3 is 9.80 Å². The third-order valence-electron chi connectivity index (χ3n) is 5.04. The third kappa shape index (κ3) is 3.88. The highest BCUT2D eigenvalue weighted by Gasteiger charge is 2.30. The Morgan fingerprint density at radius 2 is 2.04 bits per heavy atom. The molecule has 2 amide bonds. The summed E-state index contributed by atoms with van der Waals surface area (Å²) in [5.41, 5.74) is 0.881. The van der Waals surface area contributed by atoms with Crippen molar-refractivity contribution in [3.05, 3.63) is 47.9 Å². The summed E-state index contributed by atoms with van der Waals surface area (Å²) >= 11 is 1.39. The summed E-state index contributed by atoms with van der Waals surface area (Å²) in [6.07, 6.45) is 9.00. The first-order valence-electron chi connectivity index (χ1n) is 9.37. The lowest BCUT2D eigenvalue weighted by atomic mass is 9.94. The van der Waals surface area contributed by atoms with Gasteiger partial charge in [0.05, 0.1) is 10.6 Å². The van der Waals surface area contributed by atoms with Crippen molar-refractivity contribution in [1.29, 1.82) is 0 Å². The van der Waals surface area contributed by atoms with Gasteiger partial charge in [0.25, 0.3) is 5.91 Å². The van der Waals surface area contributed by atoms with Gasteiger partial charge in [-0.15, -0.1) is 6.58 Å². The Bertz CT molecular complexity index is 722. The second-order valence-corrected chi connectivity index (χ2v) is 7.78.